The molecule has 0 saturated heterocycles. The van der Waals surface area contributed by atoms with Crippen LogP contribution in [0.2, 0.25) is 10.0 Å². The van der Waals surface area contributed by atoms with E-state index in [-0.39, 0.29) is 0 Å². The second kappa shape index (κ2) is 5.59. The highest BCUT2D eigenvalue weighted by Gasteiger charge is 2.05. The number of hydrogen-bond acceptors (Lipinski definition) is 2. The fourth-order valence-electron chi connectivity index (χ4n) is 1.64. The van der Waals surface area contributed by atoms with Crippen LogP contribution in [0, 0.1) is 0 Å². The molecule has 0 amide bonds. The highest BCUT2D eigenvalue weighted by molar-refractivity contribution is 6.42. The van der Waals surface area contributed by atoms with E-state index < -0.39 is 0 Å². The standard InChI is InChI=1S/C14H14Cl2N2/c1-3-18(2)14-9-11(6-7-17-14)10-4-5-12(15)13(16)8-10/h4-9H,3H2,1-2H3. The predicted octanol–water partition coefficient (Wildman–Crippen LogP) is 4.51. The number of hydrogen-bond donors (Lipinski definition) is 0. The minimum Gasteiger partial charge on any atom is -0.360 e. The van der Waals surface area contributed by atoms with E-state index in [1.165, 1.54) is 0 Å². The van der Waals surface area contributed by atoms with Crippen LogP contribution in [-0.2, 0) is 0 Å². The Kier molecular flexibility index (Phi) is 4.10. The van der Waals surface area contributed by atoms with Crippen LogP contribution in [0.5, 0.6) is 0 Å². The summed E-state index contributed by atoms with van der Waals surface area (Å²) in [5, 5.41) is 1.14. The van der Waals surface area contributed by atoms with Gasteiger partial charge in [0.05, 0.1) is 10.0 Å². The molecule has 94 valence electrons. The van der Waals surface area contributed by atoms with Crippen molar-refractivity contribution in [1.29, 1.82) is 0 Å². The van der Waals surface area contributed by atoms with Gasteiger partial charge in [-0.15, -0.1) is 0 Å². The molecule has 0 aliphatic heterocycles. The number of rotatable bonds is 3. The Morgan fingerprint density at radius 3 is 2.44 bits per heavy atom. The van der Waals surface area contributed by atoms with E-state index in [1.54, 1.807) is 6.20 Å². The predicted molar refractivity (Wildman–Crippen MR) is 78.6 cm³/mol. The maximum absolute atomic E-state index is 6.04. The normalized spacial score (nSPS) is 10.4. The van der Waals surface area contributed by atoms with Gasteiger partial charge in [-0.2, -0.15) is 0 Å². The zero-order valence-electron chi connectivity index (χ0n) is 10.3. The van der Waals surface area contributed by atoms with Crippen LogP contribution < -0.4 is 4.90 Å². The van der Waals surface area contributed by atoms with E-state index in [4.69, 9.17) is 23.2 Å². The van der Waals surface area contributed by atoms with Crippen molar-refractivity contribution in [3.05, 3.63) is 46.6 Å². The molecule has 2 rings (SSSR count). The monoisotopic (exact) mass is 280 g/mol. The van der Waals surface area contributed by atoms with Crippen molar-refractivity contribution in [2.24, 2.45) is 0 Å². The van der Waals surface area contributed by atoms with E-state index in [9.17, 15) is 0 Å². The molecule has 18 heavy (non-hydrogen) atoms. The molecular weight excluding hydrogens is 267 g/mol. The van der Waals surface area contributed by atoms with Crippen molar-refractivity contribution in [3.8, 4) is 11.1 Å². The summed E-state index contributed by atoms with van der Waals surface area (Å²) in [6, 6.07) is 9.65. The molecule has 1 aromatic heterocycles. The summed E-state index contributed by atoms with van der Waals surface area (Å²) in [5.41, 5.74) is 2.12. The molecule has 0 radical (unpaired) electrons. The molecule has 1 heterocycles. The maximum Gasteiger partial charge on any atom is 0.128 e. The maximum atomic E-state index is 6.04. The minimum atomic E-state index is 0.566. The number of pyridine rings is 1. The third-order valence-electron chi connectivity index (χ3n) is 2.86. The highest BCUT2D eigenvalue weighted by atomic mass is 35.5. The van der Waals surface area contributed by atoms with E-state index in [2.05, 4.69) is 16.8 Å². The van der Waals surface area contributed by atoms with Crippen molar-refractivity contribution >= 4 is 29.0 Å². The largest absolute Gasteiger partial charge is 0.360 e. The Hall–Kier alpha value is -1.25. The van der Waals surface area contributed by atoms with E-state index in [0.29, 0.717) is 10.0 Å². The smallest absolute Gasteiger partial charge is 0.128 e. The summed E-state index contributed by atoms with van der Waals surface area (Å²) >= 11 is 12.0. The molecule has 2 aromatic rings. The van der Waals surface area contributed by atoms with Gasteiger partial charge < -0.3 is 4.90 Å². The quantitative estimate of drug-likeness (QED) is 0.822. The summed E-state index contributed by atoms with van der Waals surface area (Å²) in [4.78, 5) is 6.43. The Morgan fingerprint density at radius 1 is 1.06 bits per heavy atom. The fourth-order valence-corrected chi connectivity index (χ4v) is 1.94. The van der Waals surface area contributed by atoms with Crippen LogP contribution >= 0.6 is 23.2 Å². The summed E-state index contributed by atoms with van der Waals surface area (Å²) in [7, 11) is 2.01. The molecule has 1 aromatic carbocycles. The number of benzene rings is 1. The zero-order valence-corrected chi connectivity index (χ0v) is 11.8. The summed E-state index contributed by atoms with van der Waals surface area (Å²) in [6.45, 7) is 3.01. The van der Waals surface area contributed by atoms with E-state index in [1.807, 2.05) is 37.4 Å². The molecule has 0 bridgehead atoms. The van der Waals surface area contributed by atoms with Gasteiger partial charge in [0.1, 0.15) is 5.82 Å². The highest BCUT2D eigenvalue weighted by Crippen LogP contribution is 2.29. The Balaban J connectivity index is 2.41. The summed E-state index contributed by atoms with van der Waals surface area (Å²) < 4.78 is 0. The van der Waals surface area contributed by atoms with Gasteiger partial charge in [0.15, 0.2) is 0 Å². The number of nitrogens with zero attached hydrogens (tertiary/aromatic N) is 2. The minimum absolute atomic E-state index is 0.566. The van der Waals surface area contributed by atoms with Gasteiger partial charge in [-0.05, 0) is 42.3 Å². The number of aromatic nitrogens is 1. The lowest BCUT2D eigenvalue weighted by molar-refractivity contribution is 0.939. The number of anilines is 1. The van der Waals surface area contributed by atoms with Crippen LogP contribution in [0.1, 0.15) is 6.92 Å². The lowest BCUT2D eigenvalue weighted by Gasteiger charge is -2.16. The van der Waals surface area contributed by atoms with Crippen LogP contribution in [0.3, 0.4) is 0 Å². The third kappa shape index (κ3) is 2.77. The van der Waals surface area contributed by atoms with Gasteiger partial charge in [0, 0.05) is 19.8 Å². The Bertz CT molecular complexity index is 555. The molecular formula is C14H14Cl2N2. The molecule has 0 unspecified atom stereocenters. The van der Waals surface area contributed by atoms with Crippen molar-refractivity contribution in [2.75, 3.05) is 18.5 Å². The first-order valence-corrected chi connectivity index (χ1v) is 6.50. The summed E-state index contributed by atoms with van der Waals surface area (Å²) in [5.74, 6) is 0.945. The van der Waals surface area contributed by atoms with Crippen LogP contribution in [0.15, 0.2) is 36.5 Å². The fraction of sp³-hybridized carbons (Fsp3) is 0.214. The van der Waals surface area contributed by atoms with Gasteiger partial charge >= 0.3 is 0 Å². The zero-order chi connectivity index (χ0) is 13.1. The van der Waals surface area contributed by atoms with Crippen molar-refractivity contribution in [1.82, 2.24) is 4.98 Å². The lowest BCUT2D eigenvalue weighted by Crippen LogP contribution is -2.16. The second-order valence-corrected chi connectivity index (χ2v) is 4.86. The van der Waals surface area contributed by atoms with Crippen molar-refractivity contribution in [3.63, 3.8) is 0 Å². The first-order valence-electron chi connectivity index (χ1n) is 5.74. The molecule has 0 aliphatic carbocycles. The first kappa shape index (κ1) is 13.2. The molecule has 0 saturated carbocycles. The lowest BCUT2D eigenvalue weighted by atomic mass is 10.1. The average Bonchev–Trinajstić information content (AvgIpc) is 2.41. The second-order valence-electron chi connectivity index (χ2n) is 4.05. The SMILES string of the molecule is CCN(C)c1cc(-c2ccc(Cl)c(Cl)c2)ccn1. The molecule has 0 atom stereocenters. The average molecular weight is 281 g/mol. The molecule has 0 fully saturated rings. The molecule has 2 nitrogen and oxygen atoms in total. The molecule has 0 aliphatic rings. The van der Waals surface area contributed by atoms with Crippen LogP contribution in [-0.4, -0.2) is 18.6 Å². The van der Waals surface area contributed by atoms with E-state index in [0.717, 1.165) is 23.5 Å². The van der Waals surface area contributed by atoms with Gasteiger partial charge in [0.2, 0.25) is 0 Å². The van der Waals surface area contributed by atoms with Crippen molar-refractivity contribution in [2.45, 2.75) is 6.92 Å². The molecule has 4 heteroatoms. The van der Waals surface area contributed by atoms with Crippen LogP contribution in [0.4, 0.5) is 5.82 Å². The topological polar surface area (TPSA) is 16.1 Å². The Labute approximate surface area is 117 Å². The van der Waals surface area contributed by atoms with Crippen molar-refractivity contribution < 1.29 is 0 Å². The first-order chi connectivity index (χ1) is 8.61. The van der Waals surface area contributed by atoms with Gasteiger partial charge in [-0.25, -0.2) is 4.98 Å². The third-order valence-corrected chi connectivity index (χ3v) is 3.60. The Morgan fingerprint density at radius 2 is 1.78 bits per heavy atom. The summed E-state index contributed by atoms with van der Waals surface area (Å²) in [6.07, 6.45) is 1.80. The van der Waals surface area contributed by atoms with E-state index >= 15 is 0 Å². The van der Waals surface area contributed by atoms with Crippen LogP contribution in [0.25, 0.3) is 11.1 Å². The van der Waals surface area contributed by atoms with Gasteiger partial charge in [-0.3, -0.25) is 0 Å². The molecule has 0 spiro atoms. The van der Waals surface area contributed by atoms with Gasteiger partial charge in [-0.1, -0.05) is 29.3 Å². The van der Waals surface area contributed by atoms with Gasteiger partial charge in [0.25, 0.3) is 0 Å². The number of halogens is 2. The molecule has 0 N–H and O–H groups in total.